The van der Waals surface area contributed by atoms with Gasteiger partial charge < -0.3 is 42.2 Å². The van der Waals surface area contributed by atoms with E-state index in [2.05, 4.69) is 10.6 Å². The SMILES string of the molecule is COc1cccc(OC)c1CNC(=O)[C@H](CCc1ccccc1)NC(=O)[C@@H](N)CC(=O)N(CCN)CCN. The number of carbonyl (C=O) groups is 3. The number of hydrogen-bond acceptors (Lipinski definition) is 8. The minimum absolute atomic E-state index is 0.126. The van der Waals surface area contributed by atoms with Crippen molar-refractivity contribution in [2.75, 3.05) is 40.4 Å². The van der Waals surface area contributed by atoms with Crippen molar-refractivity contribution in [2.24, 2.45) is 17.2 Å². The predicted molar refractivity (Wildman–Crippen MR) is 145 cm³/mol. The number of benzene rings is 2. The maximum absolute atomic E-state index is 13.2. The first-order valence-electron chi connectivity index (χ1n) is 12.6. The molecule has 0 saturated heterocycles. The van der Waals surface area contributed by atoms with E-state index in [4.69, 9.17) is 26.7 Å². The quantitative estimate of drug-likeness (QED) is 0.201. The van der Waals surface area contributed by atoms with Crippen LogP contribution in [0.1, 0.15) is 24.0 Å². The Kier molecular flexibility index (Phi) is 13.0. The lowest BCUT2D eigenvalue weighted by atomic mass is 10.0. The molecule has 2 atom stereocenters. The molecule has 0 aliphatic rings. The second kappa shape index (κ2) is 16.2. The molecule has 0 fully saturated rings. The number of hydrogen-bond donors (Lipinski definition) is 5. The average Bonchev–Trinajstić information content (AvgIpc) is 2.93. The number of aryl methyl sites for hydroxylation is 1. The predicted octanol–water partition coefficient (Wildman–Crippen LogP) is -0.0990. The summed E-state index contributed by atoms with van der Waals surface area (Å²) in [5.41, 5.74) is 18.9. The van der Waals surface area contributed by atoms with Crippen LogP contribution in [0.25, 0.3) is 0 Å². The summed E-state index contributed by atoms with van der Waals surface area (Å²) in [6.07, 6.45) is 0.654. The van der Waals surface area contributed by atoms with Gasteiger partial charge in [-0.15, -0.1) is 0 Å². The third-order valence-electron chi connectivity index (χ3n) is 6.05. The van der Waals surface area contributed by atoms with Crippen molar-refractivity contribution >= 4 is 17.7 Å². The molecule has 0 saturated carbocycles. The van der Waals surface area contributed by atoms with Gasteiger partial charge in [-0.05, 0) is 30.5 Å². The first-order chi connectivity index (χ1) is 18.3. The molecule has 0 heterocycles. The first kappa shape index (κ1) is 30.6. The summed E-state index contributed by atoms with van der Waals surface area (Å²) in [6, 6.07) is 12.9. The van der Waals surface area contributed by atoms with E-state index in [0.717, 1.165) is 5.56 Å². The molecule has 8 N–H and O–H groups in total. The van der Waals surface area contributed by atoms with Crippen LogP contribution in [-0.4, -0.2) is 75.1 Å². The van der Waals surface area contributed by atoms with Crippen molar-refractivity contribution in [1.82, 2.24) is 15.5 Å². The van der Waals surface area contributed by atoms with Gasteiger partial charge in [-0.2, -0.15) is 0 Å². The fourth-order valence-electron chi connectivity index (χ4n) is 3.99. The Labute approximate surface area is 224 Å². The highest BCUT2D eigenvalue weighted by Gasteiger charge is 2.26. The summed E-state index contributed by atoms with van der Waals surface area (Å²) in [5.74, 6) is -0.184. The van der Waals surface area contributed by atoms with Crippen LogP contribution in [0, 0.1) is 0 Å². The Balaban J connectivity index is 2.12. The number of ether oxygens (including phenoxy) is 2. The zero-order valence-electron chi connectivity index (χ0n) is 22.2. The van der Waals surface area contributed by atoms with Crippen LogP contribution in [0.4, 0.5) is 0 Å². The van der Waals surface area contributed by atoms with Crippen molar-refractivity contribution in [1.29, 1.82) is 0 Å². The number of rotatable bonds is 16. The molecule has 0 bridgehead atoms. The molecule has 38 heavy (non-hydrogen) atoms. The molecular weight excluding hydrogens is 488 g/mol. The molecule has 0 spiro atoms. The maximum atomic E-state index is 13.2. The van der Waals surface area contributed by atoms with E-state index < -0.39 is 23.9 Å². The molecule has 2 aromatic rings. The Hall–Kier alpha value is -3.67. The molecule has 2 aromatic carbocycles. The first-order valence-corrected chi connectivity index (χ1v) is 12.6. The Bertz CT molecular complexity index is 1010. The summed E-state index contributed by atoms with van der Waals surface area (Å²) in [5, 5.41) is 5.59. The van der Waals surface area contributed by atoms with Gasteiger partial charge in [0.05, 0.1) is 38.8 Å². The van der Waals surface area contributed by atoms with Crippen LogP contribution in [0.3, 0.4) is 0 Å². The zero-order valence-corrected chi connectivity index (χ0v) is 22.2. The molecule has 0 aliphatic carbocycles. The van der Waals surface area contributed by atoms with Gasteiger partial charge in [0.25, 0.3) is 0 Å². The van der Waals surface area contributed by atoms with Gasteiger partial charge >= 0.3 is 0 Å². The van der Waals surface area contributed by atoms with E-state index in [9.17, 15) is 14.4 Å². The number of nitrogens with one attached hydrogen (secondary N) is 2. The number of methoxy groups -OCH3 is 2. The molecule has 11 nitrogen and oxygen atoms in total. The smallest absolute Gasteiger partial charge is 0.242 e. The van der Waals surface area contributed by atoms with Crippen molar-refractivity contribution in [3.63, 3.8) is 0 Å². The number of nitrogens with two attached hydrogens (primary N) is 3. The van der Waals surface area contributed by atoms with Gasteiger partial charge in [-0.25, -0.2) is 0 Å². The Morgan fingerprint density at radius 3 is 2.05 bits per heavy atom. The molecule has 0 aromatic heterocycles. The maximum Gasteiger partial charge on any atom is 0.242 e. The Morgan fingerprint density at radius 1 is 0.895 bits per heavy atom. The monoisotopic (exact) mass is 528 g/mol. The van der Waals surface area contributed by atoms with Gasteiger partial charge in [0.2, 0.25) is 17.7 Å². The molecule has 208 valence electrons. The van der Waals surface area contributed by atoms with E-state index >= 15 is 0 Å². The van der Waals surface area contributed by atoms with Crippen LogP contribution in [0.2, 0.25) is 0 Å². The summed E-state index contributed by atoms with van der Waals surface area (Å²) >= 11 is 0. The fraction of sp³-hybridized carbons (Fsp3) is 0.444. The van der Waals surface area contributed by atoms with E-state index in [1.807, 2.05) is 30.3 Å². The normalized spacial score (nSPS) is 12.2. The van der Waals surface area contributed by atoms with Crippen LogP contribution >= 0.6 is 0 Å². The Morgan fingerprint density at radius 2 is 1.50 bits per heavy atom. The summed E-state index contributed by atoms with van der Waals surface area (Å²) in [4.78, 5) is 40.3. The fourth-order valence-corrected chi connectivity index (χ4v) is 3.99. The lowest BCUT2D eigenvalue weighted by molar-refractivity contribution is -0.135. The summed E-state index contributed by atoms with van der Waals surface area (Å²) in [6.45, 7) is 1.30. The largest absolute Gasteiger partial charge is 0.496 e. The highest BCUT2D eigenvalue weighted by Crippen LogP contribution is 2.27. The van der Waals surface area contributed by atoms with Crippen LogP contribution in [0.5, 0.6) is 11.5 Å². The second-order valence-electron chi connectivity index (χ2n) is 8.71. The van der Waals surface area contributed by atoms with Gasteiger partial charge in [-0.1, -0.05) is 36.4 Å². The van der Waals surface area contributed by atoms with Gasteiger partial charge in [0.15, 0.2) is 0 Å². The third kappa shape index (κ3) is 9.33. The van der Waals surface area contributed by atoms with Crippen LogP contribution in [-0.2, 0) is 27.3 Å². The lowest BCUT2D eigenvalue weighted by Crippen LogP contribution is -2.53. The van der Waals surface area contributed by atoms with Gasteiger partial charge in [-0.3, -0.25) is 14.4 Å². The third-order valence-corrected chi connectivity index (χ3v) is 6.05. The molecular formula is C27H40N6O5. The number of nitrogens with zero attached hydrogens (tertiary/aromatic N) is 1. The van der Waals surface area contributed by atoms with E-state index in [1.165, 1.54) is 19.1 Å². The minimum Gasteiger partial charge on any atom is -0.496 e. The zero-order chi connectivity index (χ0) is 27.9. The van der Waals surface area contributed by atoms with Crippen molar-refractivity contribution in [3.05, 3.63) is 59.7 Å². The molecule has 3 amide bonds. The molecule has 2 rings (SSSR count). The van der Waals surface area contributed by atoms with E-state index in [0.29, 0.717) is 43.0 Å². The van der Waals surface area contributed by atoms with Crippen molar-refractivity contribution in [3.8, 4) is 11.5 Å². The molecule has 11 heteroatoms. The molecule has 0 aliphatic heterocycles. The van der Waals surface area contributed by atoms with E-state index in [-0.39, 0.29) is 32.0 Å². The summed E-state index contributed by atoms with van der Waals surface area (Å²) < 4.78 is 10.8. The average molecular weight is 529 g/mol. The standard InChI is InChI=1S/C27H40N6O5/c1-37-23-9-6-10-24(38-2)20(23)18-31-27(36)22(12-11-19-7-4-3-5-8-19)32-26(35)21(30)17-25(34)33(15-13-28)16-14-29/h3-10,21-22H,11-18,28-30H2,1-2H3,(H,31,36)(H,32,35)/t21-,22-/m0/s1. The number of carbonyl (C=O) groups excluding carboxylic acids is 3. The van der Waals surface area contributed by atoms with E-state index in [1.54, 1.807) is 18.2 Å². The highest BCUT2D eigenvalue weighted by molar-refractivity contribution is 5.92. The lowest BCUT2D eigenvalue weighted by Gasteiger charge is -2.24. The van der Waals surface area contributed by atoms with Crippen molar-refractivity contribution < 1.29 is 23.9 Å². The van der Waals surface area contributed by atoms with Crippen molar-refractivity contribution in [2.45, 2.75) is 37.9 Å². The molecule has 0 radical (unpaired) electrons. The van der Waals surface area contributed by atoms with Gasteiger partial charge in [0.1, 0.15) is 17.5 Å². The van der Waals surface area contributed by atoms with Crippen LogP contribution < -0.4 is 37.3 Å². The second-order valence-corrected chi connectivity index (χ2v) is 8.71. The highest BCUT2D eigenvalue weighted by atomic mass is 16.5. The minimum atomic E-state index is -1.14. The number of amides is 3. The summed E-state index contributed by atoms with van der Waals surface area (Å²) in [7, 11) is 3.07. The van der Waals surface area contributed by atoms with Gasteiger partial charge in [0, 0.05) is 26.2 Å². The van der Waals surface area contributed by atoms with Crippen LogP contribution in [0.15, 0.2) is 48.5 Å². The molecule has 0 unspecified atom stereocenters. The topological polar surface area (TPSA) is 175 Å².